The zero-order chi connectivity index (χ0) is 15.1. The first kappa shape index (κ1) is 17.0. The van der Waals surface area contributed by atoms with Crippen molar-refractivity contribution in [3.63, 3.8) is 0 Å². The van der Waals surface area contributed by atoms with Crippen LogP contribution >= 0.6 is 12.2 Å². The molecule has 0 saturated heterocycles. The van der Waals surface area contributed by atoms with Crippen LogP contribution in [0.4, 0.5) is 4.39 Å². The highest BCUT2D eigenvalue weighted by atomic mass is 32.1. The van der Waals surface area contributed by atoms with Gasteiger partial charge in [0.15, 0.2) is 0 Å². The second kappa shape index (κ2) is 8.29. The van der Waals surface area contributed by atoms with Gasteiger partial charge in [0.2, 0.25) is 0 Å². The molecule has 0 radical (unpaired) electrons. The van der Waals surface area contributed by atoms with Gasteiger partial charge in [-0.05, 0) is 37.1 Å². The van der Waals surface area contributed by atoms with Gasteiger partial charge in [-0.25, -0.2) is 4.39 Å². The average Bonchev–Trinajstić information content (AvgIpc) is 2.41. The highest BCUT2D eigenvalue weighted by molar-refractivity contribution is 7.80. The van der Waals surface area contributed by atoms with Gasteiger partial charge in [-0.2, -0.15) is 0 Å². The molecule has 0 aromatic heterocycles. The molecule has 1 unspecified atom stereocenters. The van der Waals surface area contributed by atoms with E-state index < -0.39 is 0 Å². The van der Waals surface area contributed by atoms with Gasteiger partial charge in [-0.15, -0.1) is 0 Å². The molecule has 0 aliphatic carbocycles. The highest BCUT2D eigenvalue weighted by Crippen LogP contribution is 2.14. The summed E-state index contributed by atoms with van der Waals surface area (Å²) >= 11 is 4.92. The molecule has 1 aromatic carbocycles. The molecule has 3 nitrogen and oxygen atoms in total. The van der Waals surface area contributed by atoms with E-state index in [1.807, 2.05) is 6.07 Å². The zero-order valence-electron chi connectivity index (χ0n) is 12.4. The van der Waals surface area contributed by atoms with E-state index in [-0.39, 0.29) is 10.8 Å². The molecule has 0 bridgehead atoms. The smallest absolute Gasteiger partial charge is 0.124 e. The Bertz CT molecular complexity index is 453. The normalized spacial score (nSPS) is 12.7. The van der Waals surface area contributed by atoms with E-state index in [4.69, 9.17) is 22.7 Å². The van der Waals surface area contributed by atoms with Crippen LogP contribution in [0.5, 0.6) is 0 Å². The topological polar surface area (TPSA) is 38.5 Å². The Labute approximate surface area is 125 Å². The first-order valence-electron chi connectivity index (χ1n) is 6.80. The summed E-state index contributed by atoms with van der Waals surface area (Å²) in [6.07, 6.45) is 1.03. The minimum Gasteiger partial charge on any atom is -0.389 e. The van der Waals surface area contributed by atoms with Crippen molar-refractivity contribution in [3.05, 3.63) is 35.1 Å². The van der Waals surface area contributed by atoms with Crippen molar-refractivity contribution in [1.29, 1.82) is 0 Å². The molecule has 0 spiro atoms. The largest absolute Gasteiger partial charge is 0.389 e. The van der Waals surface area contributed by atoms with Crippen LogP contribution in [0.2, 0.25) is 0 Å². The van der Waals surface area contributed by atoms with Crippen LogP contribution in [-0.2, 0) is 11.3 Å². The standard InChI is InChI=1S/C15H23FN2OS/c1-4-11(2)18(5-6-19-3)10-12-7-13(15(17)20)9-14(16)8-12/h7-9,11H,4-6,10H2,1-3H3,(H2,17,20). The number of benzene rings is 1. The Morgan fingerprint density at radius 3 is 2.70 bits per heavy atom. The van der Waals surface area contributed by atoms with E-state index in [1.54, 1.807) is 7.11 Å². The van der Waals surface area contributed by atoms with Gasteiger partial charge in [0.1, 0.15) is 10.8 Å². The van der Waals surface area contributed by atoms with E-state index in [0.717, 1.165) is 18.5 Å². The molecule has 1 atom stereocenters. The van der Waals surface area contributed by atoms with E-state index >= 15 is 0 Å². The van der Waals surface area contributed by atoms with Crippen LogP contribution in [0.3, 0.4) is 0 Å². The summed E-state index contributed by atoms with van der Waals surface area (Å²) in [5.74, 6) is -0.304. The summed E-state index contributed by atoms with van der Waals surface area (Å²) in [5, 5.41) is 0. The van der Waals surface area contributed by atoms with Crippen LogP contribution < -0.4 is 5.73 Å². The van der Waals surface area contributed by atoms with Gasteiger partial charge >= 0.3 is 0 Å². The third-order valence-corrected chi connectivity index (χ3v) is 3.66. The van der Waals surface area contributed by atoms with Gasteiger partial charge in [-0.1, -0.05) is 19.1 Å². The third-order valence-electron chi connectivity index (χ3n) is 3.42. The van der Waals surface area contributed by atoms with Crippen molar-refractivity contribution >= 4 is 17.2 Å². The lowest BCUT2D eigenvalue weighted by molar-refractivity contribution is 0.118. The number of nitrogens with two attached hydrogens (primary N) is 1. The SMILES string of the molecule is CCC(C)N(CCOC)Cc1cc(F)cc(C(N)=S)c1. The fraction of sp³-hybridized carbons (Fsp3) is 0.533. The van der Waals surface area contributed by atoms with Crippen LogP contribution in [0.15, 0.2) is 18.2 Å². The fourth-order valence-corrected chi connectivity index (χ4v) is 2.16. The minimum atomic E-state index is -0.304. The number of ether oxygens (including phenoxy) is 1. The molecule has 1 aromatic rings. The zero-order valence-corrected chi connectivity index (χ0v) is 13.2. The minimum absolute atomic E-state index is 0.220. The van der Waals surface area contributed by atoms with E-state index in [1.165, 1.54) is 12.1 Å². The Balaban J connectivity index is 2.89. The molecule has 0 aliphatic heterocycles. The molecule has 20 heavy (non-hydrogen) atoms. The maximum atomic E-state index is 13.6. The fourth-order valence-electron chi connectivity index (χ4n) is 2.04. The Morgan fingerprint density at radius 1 is 1.45 bits per heavy atom. The number of hydrogen-bond donors (Lipinski definition) is 1. The van der Waals surface area contributed by atoms with Crippen molar-refractivity contribution in [3.8, 4) is 0 Å². The van der Waals surface area contributed by atoms with Gasteiger partial charge in [0.25, 0.3) is 0 Å². The summed E-state index contributed by atoms with van der Waals surface area (Å²) in [6.45, 7) is 6.41. The second-order valence-corrected chi connectivity index (χ2v) is 5.37. The van der Waals surface area contributed by atoms with Crippen molar-refractivity contribution in [1.82, 2.24) is 4.90 Å². The molecule has 0 amide bonds. The summed E-state index contributed by atoms with van der Waals surface area (Å²) in [5.41, 5.74) is 7.03. The summed E-state index contributed by atoms with van der Waals surface area (Å²) < 4.78 is 18.7. The number of nitrogens with zero attached hydrogens (tertiary/aromatic N) is 1. The first-order chi connectivity index (χ1) is 9.47. The molecule has 5 heteroatoms. The van der Waals surface area contributed by atoms with Gasteiger partial charge in [-0.3, -0.25) is 4.90 Å². The average molecular weight is 298 g/mol. The van der Waals surface area contributed by atoms with Gasteiger partial charge in [0, 0.05) is 31.8 Å². The van der Waals surface area contributed by atoms with Gasteiger partial charge in [0.05, 0.1) is 6.61 Å². The monoisotopic (exact) mass is 298 g/mol. The molecule has 0 fully saturated rings. The lowest BCUT2D eigenvalue weighted by Gasteiger charge is -2.28. The Morgan fingerprint density at radius 2 is 2.15 bits per heavy atom. The molecule has 0 saturated carbocycles. The molecule has 0 heterocycles. The van der Waals surface area contributed by atoms with Crippen molar-refractivity contribution < 1.29 is 9.13 Å². The van der Waals surface area contributed by atoms with Gasteiger partial charge < -0.3 is 10.5 Å². The van der Waals surface area contributed by atoms with Crippen molar-refractivity contribution in [2.45, 2.75) is 32.9 Å². The quantitative estimate of drug-likeness (QED) is 0.749. The molecular weight excluding hydrogens is 275 g/mol. The maximum absolute atomic E-state index is 13.6. The van der Waals surface area contributed by atoms with E-state index in [0.29, 0.717) is 24.8 Å². The number of halogens is 1. The summed E-state index contributed by atoms with van der Waals surface area (Å²) in [6, 6.07) is 5.16. The molecule has 2 N–H and O–H groups in total. The molecular formula is C15H23FN2OS. The highest BCUT2D eigenvalue weighted by Gasteiger charge is 2.13. The maximum Gasteiger partial charge on any atom is 0.124 e. The van der Waals surface area contributed by atoms with Crippen molar-refractivity contribution in [2.24, 2.45) is 5.73 Å². The molecule has 112 valence electrons. The predicted molar refractivity (Wildman–Crippen MR) is 84.3 cm³/mol. The summed E-state index contributed by atoms with van der Waals surface area (Å²) in [7, 11) is 1.68. The first-order valence-corrected chi connectivity index (χ1v) is 7.21. The number of hydrogen-bond acceptors (Lipinski definition) is 3. The van der Waals surface area contributed by atoms with Crippen LogP contribution in [0, 0.1) is 5.82 Å². The van der Waals surface area contributed by atoms with E-state index in [2.05, 4.69) is 18.7 Å². The lowest BCUT2D eigenvalue weighted by atomic mass is 10.1. The van der Waals surface area contributed by atoms with Crippen LogP contribution in [0.1, 0.15) is 31.4 Å². The predicted octanol–water partition coefficient (Wildman–Crippen LogP) is 2.71. The molecule has 1 rings (SSSR count). The number of methoxy groups -OCH3 is 1. The Kier molecular flexibility index (Phi) is 7.05. The second-order valence-electron chi connectivity index (χ2n) is 4.93. The van der Waals surface area contributed by atoms with E-state index in [9.17, 15) is 4.39 Å². The number of thiocarbonyl (C=S) groups is 1. The number of rotatable bonds is 8. The third kappa shape index (κ3) is 5.15. The lowest BCUT2D eigenvalue weighted by Crippen LogP contribution is -2.35. The molecule has 0 aliphatic rings. The summed E-state index contributed by atoms with van der Waals surface area (Å²) in [4.78, 5) is 2.49. The van der Waals surface area contributed by atoms with Crippen LogP contribution in [0.25, 0.3) is 0 Å². The van der Waals surface area contributed by atoms with Crippen molar-refractivity contribution in [2.75, 3.05) is 20.3 Å². The van der Waals surface area contributed by atoms with Crippen LogP contribution in [-0.4, -0.2) is 36.2 Å². The Hall–Kier alpha value is -1.04.